The van der Waals surface area contributed by atoms with Crippen molar-refractivity contribution in [1.29, 1.82) is 0 Å². The summed E-state index contributed by atoms with van der Waals surface area (Å²) in [5, 5.41) is 1.97. The maximum absolute atomic E-state index is 13.2. The van der Waals surface area contributed by atoms with Crippen molar-refractivity contribution >= 4 is 11.6 Å². The van der Waals surface area contributed by atoms with Gasteiger partial charge in [-0.2, -0.15) is 39.5 Å². The molecule has 1 amide bonds. The lowest BCUT2D eigenvalue weighted by atomic mass is 10.1. The highest BCUT2D eigenvalue weighted by molar-refractivity contribution is 5.77. The van der Waals surface area contributed by atoms with Crippen LogP contribution in [0.5, 0.6) is 0 Å². The largest absolute Gasteiger partial charge is 0.439 e. The van der Waals surface area contributed by atoms with E-state index in [0.717, 1.165) is 10.6 Å². The second-order valence-electron chi connectivity index (χ2n) is 5.24. The van der Waals surface area contributed by atoms with Gasteiger partial charge in [0.2, 0.25) is 5.91 Å². The Hall–Kier alpha value is -2.14. The molecule has 0 heterocycles. The molecule has 2 N–H and O–H groups in total. The maximum Gasteiger partial charge on any atom is 0.439 e. The van der Waals surface area contributed by atoms with Gasteiger partial charge in [0.15, 0.2) is 0 Å². The van der Waals surface area contributed by atoms with Crippen molar-refractivity contribution in [1.82, 2.24) is 5.32 Å². The predicted octanol–water partition coefficient (Wildman–Crippen LogP) is 4.85. The first kappa shape index (κ1) is 21.9. The summed E-state index contributed by atoms with van der Waals surface area (Å²) in [5.41, 5.74) is -7.03. The van der Waals surface area contributed by atoms with Crippen LogP contribution in [0.15, 0.2) is 24.3 Å². The van der Waals surface area contributed by atoms with Crippen molar-refractivity contribution in [2.24, 2.45) is 0 Å². The number of carbonyl (C=O) groups excluding carboxylic acids is 1. The van der Waals surface area contributed by atoms with E-state index in [4.69, 9.17) is 0 Å². The van der Waals surface area contributed by atoms with Crippen molar-refractivity contribution in [3.63, 3.8) is 0 Å². The van der Waals surface area contributed by atoms with Crippen LogP contribution < -0.4 is 10.6 Å². The molecule has 0 spiro atoms. The monoisotopic (exact) mass is 396 g/mol. The number of halogens is 9. The van der Waals surface area contributed by atoms with Gasteiger partial charge in [0, 0.05) is 12.1 Å². The SMILES string of the molecule is CCCC(=O)NC(Nc1ccc(C(F)(F)F)cc1)(C(F)(F)F)C(F)(F)F. The van der Waals surface area contributed by atoms with Crippen molar-refractivity contribution in [2.45, 2.75) is 44.0 Å². The van der Waals surface area contributed by atoms with Crippen LogP contribution in [0, 0.1) is 0 Å². The predicted molar refractivity (Wildman–Crippen MR) is 73.0 cm³/mol. The molecule has 0 aliphatic carbocycles. The summed E-state index contributed by atoms with van der Waals surface area (Å²) in [7, 11) is 0. The van der Waals surface area contributed by atoms with Crippen molar-refractivity contribution in [2.75, 3.05) is 5.32 Å². The van der Waals surface area contributed by atoms with Crippen LogP contribution >= 0.6 is 0 Å². The molecule has 0 aliphatic rings. The third-order valence-corrected chi connectivity index (χ3v) is 3.20. The van der Waals surface area contributed by atoms with Gasteiger partial charge in [-0.05, 0) is 30.7 Å². The zero-order valence-electron chi connectivity index (χ0n) is 13.0. The Labute approximate surface area is 141 Å². The fourth-order valence-electron chi connectivity index (χ4n) is 1.93. The normalized spacial score (nSPS) is 13.5. The lowest BCUT2D eigenvalue weighted by molar-refractivity contribution is -0.296. The summed E-state index contributed by atoms with van der Waals surface area (Å²) in [4.78, 5) is 11.4. The van der Waals surface area contributed by atoms with Crippen LogP contribution in [0.1, 0.15) is 25.3 Å². The van der Waals surface area contributed by atoms with Gasteiger partial charge in [-0.25, -0.2) is 0 Å². The highest BCUT2D eigenvalue weighted by Crippen LogP contribution is 2.44. The molecule has 12 heteroatoms. The van der Waals surface area contributed by atoms with Gasteiger partial charge in [-0.15, -0.1) is 0 Å². The highest BCUT2D eigenvalue weighted by Gasteiger charge is 2.72. The molecule has 1 aromatic carbocycles. The molecule has 0 bridgehead atoms. The number of anilines is 1. The van der Waals surface area contributed by atoms with E-state index < -0.39 is 47.8 Å². The van der Waals surface area contributed by atoms with Gasteiger partial charge in [0.05, 0.1) is 5.56 Å². The molecule has 1 aromatic rings. The van der Waals surface area contributed by atoms with E-state index in [9.17, 15) is 44.3 Å². The minimum atomic E-state index is -6.03. The molecule has 0 atom stereocenters. The molecular weight excluding hydrogens is 383 g/mol. The molecule has 148 valence electrons. The lowest BCUT2D eigenvalue weighted by Gasteiger charge is -2.39. The quantitative estimate of drug-likeness (QED) is 0.552. The van der Waals surface area contributed by atoms with Crippen LogP contribution in [0.4, 0.5) is 45.2 Å². The summed E-state index contributed by atoms with van der Waals surface area (Å²) in [6.07, 6.45) is -17.5. The molecule has 0 saturated carbocycles. The summed E-state index contributed by atoms with van der Waals surface area (Å²) in [5.74, 6) is -1.53. The first-order valence-electron chi connectivity index (χ1n) is 7.04. The third kappa shape index (κ3) is 4.73. The van der Waals surface area contributed by atoms with Crippen LogP contribution in [-0.4, -0.2) is 23.9 Å². The number of hydrogen-bond donors (Lipinski definition) is 2. The summed E-state index contributed by atoms with van der Waals surface area (Å²) in [6, 6.07) is 1.43. The van der Waals surface area contributed by atoms with Crippen LogP contribution in [-0.2, 0) is 11.0 Å². The van der Waals surface area contributed by atoms with Crippen LogP contribution in [0.3, 0.4) is 0 Å². The second-order valence-corrected chi connectivity index (χ2v) is 5.24. The Morgan fingerprint density at radius 3 is 1.69 bits per heavy atom. The van der Waals surface area contributed by atoms with E-state index in [1.54, 1.807) is 0 Å². The third-order valence-electron chi connectivity index (χ3n) is 3.20. The summed E-state index contributed by atoms with van der Waals surface area (Å²) < 4.78 is 117. The molecule has 1 rings (SSSR count). The standard InChI is InChI=1S/C14H13F9N2O/c1-2-3-10(26)25-12(13(18,19)20,14(21,22)23)24-9-6-4-8(5-7-9)11(15,16)17/h4-7,24H,2-3H2,1H3,(H,25,26). The highest BCUT2D eigenvalue weighted by atomic mass is 19.4. The Morgan fingerprint density at radius 2 is 1.35 bits per heavy atom. The average molecular weight is 396 g/mol. The van der Waals surface area contributed by atoms with Gasteiger partial charge in [-0.1, -0.05) is 6.92 Å². The minimum Gasteiger partial charge on any atom is -0.348 e. The zero-order chi connectivity index (χ0) is 20.4. The lowest BCUT2D eigenvalue weighted by Crippen LogP contribution is -2.72. The molecule has 26 heavy (non-hydrogen) atoms. The first-order valence-corrected chi connectivity index (χ1v) is 7.04. The topological polar surface area (TPSA) is 41.1 Å². The van der Waals surface area contributed by atoms with Gasteiger partial charge in [-0.3, -0.25) is 4.79 Å². The fourth-order valence-corrected chi connectivity index (χ4v) is 1.93. The number of rotatable bonds is 5. The molecule has 0 saturated heterocycles. The Bertz CT molecular complexity index is 603. The number of nitrogens with one attached hydrogen (secondary N) is 2. The van der Waals surface area contributed by atoms with Crippen molar-refractivity contribution in [3.8, 4) is 0 Å². The van der Waals surface area contributed by atoms with E-state index in [2.05, 4.69) is 0 Å². The van der Waals surface area contributed by atoms with Crippen LogP contribution in [0.25, 0.3) is 0 Å². The molecule has 0 aromatic heterocycles. The van der Waals surface area contributed by atoms with Crippen molar-refractivity contribution < 1.29 is 44.3 Å². The molecule has 0 fully saturated rings. The summed E-state index contributed by atoms with van der Waals surface area (Å²) in [6.45, 7) is 1.37. The smallest absolute Gasteiger partial charge is 0.348 e. The Kier molecular flexibility index (Phi) is 6.09. The number of benzene rings is 1. The molecule has 0 unspecified atom stereocenters. The van der Waals surface area contributed by atoms with Gasteiger partial charge in [0.25, 0.3) is 0 Å². The Balaban J connectivity index is 3.34. The molecule has 0 radical (unpaired) electrons. The van der Waals surface area contributed by atoms with E-state index in [1.807, 2.05) is 0 Å². The zero-order valence-corrected chi connectivity index (χ0v) is 13.0. The van der Waals surface area contributed by atoms with E-state index in [0.29, 0.717) is 24.3 Å². The number of amides is 1. The average Bonchev–Trinajstić information content (AvgIpc) is 2.44. The molecular formula is C14H13F9N2O. The van der Waals surface area contributed by atoms with E-state index >= 15 is 0 Å². The van der Waals surface area contributed by atoms with Gasteiger partial charge < -0.3 is 10.6 Å². The van der Waals surface area contributed by atoms with E-state index in [1.165, 1.54) is 6.92 Å². The van der Waals surface area contributed by atoms with E-state index in [-0.39, 0.29) is 6.42 Å². The van der Waals surface area contributed by atoms with Crippen molar-refractivity contribution in [3.05, 3.63) is 29.8 Å². The van der Waals surface area contributed by atoms with Gasteiger partial charge >= 0.3 is 24.2 Å². The maximum atomic E-state index is 13.2. The minimum absolute atomic E-state index is 0.0160. The second kappa shape index (κ2) is 7.23. The fraction of sp³-hybridized carbons (Fsp3) is 0.500. The Morgan fingerprint density at radius 1 is 0.885 bits per heavy atom. The molecule has 0 aliphatic heterocycles. The van der Waals surface area contributed by atoms with Crippen LogP contribution in [0.2, 0.25) is 0 Å². The van der Waals surface area contributed by atoms with Gasteiger partial charge in [0.1, 0.15) is 0 Å². The number of hydrogen-bond acceptors (Lipinski definition) is 2. The summed E-state index contributed by atoms with van der Waals surface area (Å²) >= 11 is 0. The first-order chi connectivity index (χ1) is 11.6. The molecule has 3 nitrogen and oxygen atoms in total. The number of carbonyl (C=O) groups is 1. The number of alkyl halides is 9.